The number of nitrogens with one attached hydrogen (secondary N) is 1. The molecule has 1 N–H and O–H groups in total. The molecule has 0 fully saturated rings. The van der Waals surface area contributed by atoms with Crippen molar-refractivity contribution < 1.29 is 0 Å². The van der Waals surface area contributed by atoms with Crippen molar-refractivity contribution in [3.8, 4) is 11.1 Å². The Morgan fingerprint density at radius 2 is 0.926 bits per heavy atom. The van der Waals surface area contributed by atoms with E-state index < -0.39 is 0 Å². The molecule has 0 saturated heterocycles. The molecule has 132 valence electrons. The number of hydrogen-bond donors (Lipinski definition) is 1. The first kappa shape index (κ1) is 16.9. The van der Waals surface area contributed by atoms with Crippen LogP contribution < -0.4 is 10.2 Å². The fourth-order valence-electron chi connectivity index (χ4n) is 3.11. The summed E-state index contributed by atoms with van der Waals surface area (Å²) in [5, 5.41) is 3.47. The molecule has 2 heteroatoms. The quantitative estimate of drug-likeness (QED) is 0.423. The lowest BCUT2D eigenvalue weighted by Crippen LogP contribution is -2.08. The largest absolute Gasteiger partial charge is 0.356 e. The van der Waals surface area contributed by atoms with Gasteiger partial charge in [-0.1, -0.05) is 60.7 Å². The molecule has 0 amide bonds. The van der Waals surface area contributed by atoms with Crippen molar-refractivity contribution in [2.75, 3.05) is 17.3 Å². The first-order valence-corrected chi connectivity index (χ1v) is 9.11. The van der Waals surface area contributed by atoms with E-state index in [1.54, 1.807) is 0 Å². The van der Waals surface area contributed by atoms with Crippen molar-refractivity contribution in [3.05, 3.63) is 109 Å². The van der Waals surface area contributed by atoms with Crippen LogP contribution in [0.25, 0.3) is 11.1 Å². The van der Waals surface area contributed by atoms with Gasteiger partial charge in [-0.3, -0.25) is 0 Å². The van der Waals surface area contributed by atoms with Crippen LogP contribution in [0.4, 0.5) is 22.7 Å². The Balaban J connectivity index is 1.45. The molecule has 0 bridgehead atoms. The van der Waals surface area contributed by atoms with Crippen LogP contribution in [-0.4, -0.2) is 7.05 Å². The summed E-state index contributed by atoms with van der Waals surface area (Å²) in [6, 6.07) is 37.8. The second-order valence-corrected chi connectivity index (χ2v) is 6.51. The molecule has 0 atom stereocenters. The zero-order chi connectivity index (χ0) is 18.5. The average molecular weight is 350 g/mol. The third-order valence-corrected chi connectivity index (χ3v) is 4.68. The van der Waals surface area contributed by atoms with Gasteiger partial charge in [0.15, 0.2) is 0 Å². The molecule has 27 heavy (non-hydrogen) atoms. The summed E-state index contributed by atoms with van der Waals surface area (Å²) in [5.74, 6) is 0. The summed E-state index contributed by atoms with van der Waals surface area (Å²) in [5.41, 5.74) is 6.95. The van der Waals surface area contributed by atoms with Gasteiger partial charge in [-0.05, 0) is 59.7 Å². The molecule has 4 aromatic rings. The van der Waals surface area contributed by atoms with Crippen LogP contribution in [0.2, 0.25) is 0 Å². The van der Waals surface area contributed by atoms with E-state index in [4.69, 9.17) is 0 Å². The minimum atomic E-state index is 1.08. The Kier molecular flexibility index (Phi) is 4.88. The van der Waals surface area contributed by atoms with Crippen LogP contribution in [0.3, 0.4) is 0 Å². The fourth-order valence-corrected chi connectivity index (χ4v) is 3.11. The van der Waals surface area contributed by atoms with Crippen molar-refractivity contribution >= 4 is 22.7 Å². The van der Waals surface area contributed by atoms with Gasteiger partial charge in [-0.15, -0.1) is 0 Å². The third-order valence-electron chi connectivity index (χ3n) is 4.68. The normalized spacial score (nSPS) is 10.4. The SMILES string of the molecule is CN(c1ccccc1)c1ccc(Nc2ccc(-c3ccccc3)cc2)cc1. The Hall–Kier alpha value is -3.52. The molecule has 0 aliphatic carbocycles. The second kappa shape index (κ2) is 7.79. The highest BCUT2D eigenvalue weighted by Gasteiger charge is 2.03. The first-order chi connectivity index (χ1) is 13.3. The van der Waals surface area contributed by atoms with Crippen molar-refractivity contribution in [2.45, 2.75) is 0 Å². The minimum Gasteiger partial charge on any atom is -0.356 e. The smallest absolute Gasteiger partial charge is 0.0409 e. The van der Waals surface area contributed by atoms with Crippen LogP contribution in [0.1, 0.15) is 0 Å². The van der Waals surface area contributed by atoms with Crippen molar-refractivity contribution in [2.24, 2.45) is 0 Å². The molecule has 0 aliphatic heterocycles. The van der Waals surface area contributed by atoms with Crippen LogP contribution in [-0.2, 0) is 0 Å². The lowest BCUT2D eigenvalue weighted by molar-refractivity contribution is 1.21. The Bertz CT molecular complexity index is 976. The molecule has 0 aliphatic rings. The van der Waals surface area contributed by atoms with Gasteiger partial charge in [0.05, 0.1) is 0 Å². The van der Waals surface area contributed by atoms with E-state index in [2.05, 4.69) is 114 Å². The number of rotatable bonds is 5. The molecular weight excluding hydrogens is 328 g/mol. The molecular formula is C25H22N2. The van der Waals surface area contributed by atoms with E-state index >= 15 is 0 Å². The van der Waals surface area contributed by atoms with Gasteiger partial charge >= 0.3 is 0 Å². The standard InChI is InChI=1S/C25H22N2/c1-27(24-10-6-3-7-11-24)25-18-16-23(17-19-25)26-22-14-12-21(13-15-22)20-8-4-2-5-9-20/h2-19,26H,1H3. The highest BCUT2D eigenvalue weighted by Crippen LogP contribution is 2.27. The molecule has 0 saturated carbocycles. The summed E-state index contributed by atoms with van der Waals surface area (Å²) in [4.78, 5) is 2.18. The van der Waals surface area contributed by atoms with Crippen LogP contribution in [0, 0.1) is 0 Å². The van der Waals surface area contributed by atoms with Gasteiger partial charge in [0.1, 0.15) is 0 Å². The molecule has 0 heterocycles. The van der Waals surface area contributed by atoms with E-state index in [-0.39, 0.29) is 0 Å². The Morgan fingerprint density at radius 3 is 1.52 bits per heavy atom. The summed E-state index contributed by atoms with van der Waals surface area (Å²) >= 11 is 0. The summed E-state index contributed by atoms with van der Waals surface area (Å²) in [7, 11) is 2.08. The van der Waals surface area contributed by atoms with Crippen molar-refractivity contribution in [1.29, 1.82) is 0 Å². The van der Waals surface area contributed by atoms with Gasteiger partial charge < -0.3 is 10.2 Å². The number of nitrogens with zero attached hydrogens (tertiary/aromatic N) is 1. The maximum absolute atomic E-state index is 3.47. The van der Waals surface area contributed by atoms with E-state index in [9.17, 15) is 0 Å². The zero-order valence-corrected chi connectivity index (χ0v) is 15.3. The molecule has 0 aromatic heterocycles. The molecule has 4 aromatic carbocycles. The second-order valence-electron chi connectivity index (χ2n) is 6.51. The van der Waals surface area contributed by atoms with Gasteiger partial charge in [0.25, 0.3) is 0 Å². The summed E-state index contributed by atoms with van der Waals surface area (Å²) in [6.07, 6.45) is 0. The first-order valence-electron chi connectivity index (χ1n) is 9.11. The van der Waals surface area contributed by atoms with Gasteiger partial charge in [-0.25, -0.2) is 0 Å². The lowest BCUT2D eigenvalue weighted by Gasteiger charge is -2.20. The van der Waals surface area contributed by atoms with E-state index in [0.29, 0.717) is 0 Å². The molecule has 0 radical (unpaired) electrons. The Labute approximate surface area is 160 Å². The fraction of sp³-hybridized carbons (Fsp3) is 0.0400. The maximum Gasteiger partial charge on any atom is 0.0409 e. The predicted molar refractivity (Wildman–Crippen MR) is 116 cm³/mol. The predicted octanol–water partition coefficient (Wildman–Crippen LogP) is 6.87. The summed E-state index contributed by atoms with van der Waals surface area (Å²) < 4.78 is 0. The van der Waals surface area contributed by atoms with E-state index in [0.717, 1.165) is 17.1 Å². The average Bonchev–Trinajstić information content (AvgIpc) is 2.76. The minimum absolute atomic E-state index is 1.08. The van der Waals surface area contributed by atoms with E-state index in [1.165, 1.54) is 16.8 Å². The number of anilines is 4. The number of benzene rings is 4. The van der Waals surface area contributed by atoms with Gasteiger partial charge in [-0.2, -0.15) is 0 Å². The van der Waals surface area contributed by atoms with Crippen LogP contribution >= 0.6 is 0 Å². The zero-order valence-electron chi connectivity index (χ0n) is 15.3. The Morgan fingerprint density at radius 1 is 0.481 bits per heavy atom. The van der Waals surface area contributed by atoms with Crippen LogP contribution in [0.5, 0.6) is 0 Å². The third kappa shape index (κ3) is 4.01. The monoisotopic (exact) mass is 350 g/mol. The molecule has 2 nitrogen and oxygen atoms in total. The maximum atomic E-state index is 3.47. The molecule has 4 rings (SSSR count). The lowest BCUT2D eigenvalue weighted by atomic mass is 10.1. The van der Waals surface area contributed by atoms with Crippen LogP contribution in [0.15, 0.2) is 109 Å². The summed E-state index contributed by atoms with van der Waals surface area (Å²) in [6.45, 7) is 0. The topological polar surface area (TPSA) is 15.3 Å². The van der Waals surface area contributed by atoms with Gasteiger partial charge in [0, 0.05) is 29.8 Å². The highest BCUT2D eigenvalue weighted by molar-refractivity contribution is 5.70. The van der Waals surface area contributed by atoms with Gasteiger partial charge in [0.2, 0.25) is 0 Å². The highest BCUT2D eigenvalue weighted by atomic mass is 15.1. The number of para-hydroxylation sites is 1. The van der Waals surface area contributed by atoms with Crippen molar-refractivity contribution in [3.63, 3.8) is 0 Å². The van der Waals surface area contributed by atoms with E-state index in [1.807, 2.05) is 12.1 Å². The number of hydrogen-bond acceptors (Lipinski definition) is 2. The molecule has 0 unspecified atom stereocenters. The van der Waals surface area contributed by atoms with Crippen molar-refractivity contribution in [1.82, 2.24) is 0 Å². The molecule has 0 spiro atoms.